The fourth-order valence-electron chi connectivity index (χ4n) is 2.16. The zero-order chi connectivity index (χ0) is 16.7. The van der Waals surface area contributed by atoms with E-state index in [9.17, 15) is 14.7 Å². The second-order valence-corrected chi connectivity index (χ2v) is 5.18. The highest BCUT2D eigenvalue weighted by Gasteiger charge is 2.22. The van der Waals surface area contributed by atoms with Crippen molar-refractivity contribution < 1.29 is 19.4 Å². The molecule has 23 heavy (non-hydrogen) atoms. The Hall–Kier alpha value is -2.82. The number of aliphatic carboxylic acids is 1. The van der Waals surface area contributed by atoms with Crippen molar-refractivity contribution in [2.45, 2.75) is 19.1 Å². The molecule has 1 amide bonds. The number of carboxylic acid groups (broad SMARTS) is 1. The molecule has 120 valence electrons. The zero-order valence-corrected chi connectivity index (χ0v) is 12.8. The number of ether oxygens (including phenoxy) is 1. The average Bonchev–Trinajstić information content (AvgIpc) is 2.58. The van der Waals surface area contributed by atoms with Crippen LogP contribution in [0.4, 0.5) is 4.79 Å². The van der Waals surface area contributed by atoms with Crippen LogP contribution in [0.3, 0.4) is 0 Å². The molecule has 0 aromatic heterocycles. The third-order valence-corrected chi connectivity index (χ3v) is 3.50. The summed E-state index contributed by atoms with van der Waals surface area (Å²) in [6.07, 6.45) is -0.529. The molecule has 0 saturated carbocycles. The number of nitrogens with zero attached hydrogens (tertiary/aromatic N) is 1. The molecule has 0 radical (unpaired) electrons. The van der Waals surface area contributed by atoms with Crippen LogP contribution in [0.1, 0.15) is 11.1 Å². The van der Waals surface area contributed by atoms with Crippen molar-refractivity contribution in [3.63, 3.8) is 0 Å². The van der Waals surface area contributed by atoms with Crippen molar-refractivity contribution in [3.8, 4) is 0 Å². The molecule has 0 bridgehead atoms. The van der Waals surface area contributed by atoms with Crippen molar-refractivity contribution in [1.29, 1.82) is 0 Å². The lowest BCUT2D eigenvalue weighted by Gasteiger charge is -2.28. The predicted octanol–water partition coefficient (Wildman–Crippen LogP) is 1.62. The Morgan fingerprint density at radius 3 is 2.04 bits per heavy atom. The normalized spacial score (nSPS) is 11.5. The lowest BCUT2D eigenvalue weighted by Crippen LogP contribution is -2.50. The van der Waals surface area contributed by atoms with Gasteiger partial charge in [0.05, 0.1) is 12.0 Å². The Labute approximate surface area is 135 Å². The monoisotopic (exact) mass is 312 g/mol. The van der Waals surface area contributed by atoms with Crippen LogP contribution in [0.5, 0.6) is 0 Å². The number of carboxylic acids is 1. The second-order valence-electron chi connectivity index (χ2n) is 5.18. The van der Waals surface area contributed by atoms with E-state index in [-0.39, 0.29) is 13.0 Å². The highest BCUT2D eigenvalue weighted by Crippen LogP contribution is 2.10. The SMILES string of the molecule is CN(C(=O)OCc1ccccc1)[C@H](Cc1ccccc1)C(=O)[O-]. The quantitative estimate of drug-likeness (QED) is 0.812. The molecule has 0 unspecified atom stereocenters. The Balaban J connectivity index is 1.98. The summed E-state index contributed by atoms with van der Waals surface area (Å²) in [5, 5.41) is 11.4. The van der Waals surface area contributed by atoms with Gasteiger partial charge in [-0.25, -0.2) is 4.79 Å². The molecule has 2 aromatic rings. The Morgan fingerprint density at radius 2 is 1.52 bits per heavy atom. The maximum atomic E-state index is 12.1. The van der Waals surface area contributed by atoms with E-state index in [0.717, 1.165) is 16.0 Å². The first-order valence-electron chi connectivity index (χ1n) is 7.26. The number of carbonyl (C=O) groups is 2. The van der Waals surface area contributed by atoms with Gasteiger partial charge in [0.2, 0.25) is 0 Å². The maximum absolute atomic E-state index is 12.1. The fraction of sp³-hybridized carbons (Fsp3) is 0.222. The topological polar surface area (TPSA) is 69.7 Å². The smallest absolute Gasteiger partial charge is 0.410 e. The van der Waals surface area contributed by atoms with Crippen LogP contribution in [0, 0.1) is 0 Å². The van der Waals surface area contributed by atoms with E-state index >= 15 is 0 Å². The van der Waals surface area contributed by atoms with Crippen LogP contribution in [-0.2, 0) is 22.6 Å². The average molecular weight is 312 g/mol. The minimum Gasteiger partial charge on any atom is -0.548 e. The molecular weight excluding hydrogens is 294 g/mol. The van der Waals surface area contributed by atoms with Crippen molar-refractivity contribution in [2.24, 2.45) is 0 Å². The Morgan fingerprint density at radius 1 is 1.00 bits per heavy atom. The van der Waals surface area contributed by atoms with E-state index in [1.807, 2.05) is 48.5 Å². The standard InChI is InChI=1S/C18H19NO4/c1-19(18(22)23-13-15-10-6-3-7-11-15)16(17(20)21)12-14-8-4-2-5-9-14/h2-11,16H,12-13H2,1H3,(H,20,21)/p-1/t16-/m1/s1. The molecule has 0 saturated heterocycles. The molecular formula is C18H18NO4-. The van der Waals surface area contributed by atoms with Crippen molar-refractivity contribution in [2.75, 3.05) is 7.05 Å². The van der Waals surface area contributed by atoms with Crippen LogP contribution < -0.4 is 5.11 Å². The van der Waals surface area contributed by atoms with Crippen LogP contribution >= 0.6 is 0 Å². The molecule has 0 aliphatic heterocycles. The molecule has 2 rings (SSSR count). The van der Waals surface area contributed by atoms with Gasteiger partial charge in [-0.05, 0) is 17.5 Å². The minimum atomic E-state index is -1.31. The summed E-state index contributed by atoms with van der Waals surface area (Å²) >= 11 is 0. The zero-order valence-electron chi connectivity index (χ0n) is 12.8. The first-order chi connectivity index (χ1) is 11.1. The first kappa shape index (κ1) is 16.5. The number of likely N-dealkylation sites (N-methyl/N-ethyl adjacent to an activating group) is 1. The van der Waals surface area contributed by atoms with Gasteiger partial charge in [-0.2, -0.15) is 0 Å². The molecule has 0 heterocycles. The van der Waals surface area contributed by atoms with Gasteiger partial charge in [0.15, 0.2) is 0 Å². The number of hydrogen-bond donors (Lipinski definition) is 0. The highest BCUT2D eigenvalue weighted by atomic mass is 16.6. The molecule has 0 aliphatic rings. The largest absolute Gasteiger partial charge is 0.548 e. The van der Waals surface area contributed by atoms with E-state index in [1.54, 1.807) is 12.1 Å². The van der Waals surface area contributed by atoms with Gasteiger partial charge in [-0.3, -0.25) is 0 Å². The number of carbonyl (C=O) groups excluding carboxylic acids is 2. The summed E-state index contributed by atoms with van der Waals surface area (Å²) < 4.78 is 5.15. The summed E-state index contributed by atoms with van der Waals surface area (Å²) in [5.41, 5.74) is 1.65. The second kappa shape index (κ2) is 7.98. The molecule has 0 fully saturated rings. The van der Waals surface area contributed by atoms with E-state index in [4.69, 9.17) is 4.74 Å². The van der Waals surface area contributed by atoms with Crippen molar-refractivity contribution >= 4 is 12.1 Å². The van der Waals surface area contributed by atoms with E-state index in [1.165, 1.54) is 7.05 Å². The minimum absolute atomic E-state index is 0.0924. The predicted molar refractivity (Wildman–Crippen MR) is 83.3 cm³/mol. The molecule has 0 spiro atoms. The molecule has 5 nitrogen and oxygen atoms in total. The van der Waals surface area contributed by atoms with E-state index < -0.39 is 18.1 Å². The third-order valence-electron chi connectivity index (χ3n) is 3.50. The van der Waals surface area contributed by atoms with Crippen molar-refractivity contribution in [3.05, 3.63) is 71.8 Å². The lowest BCUT2D eigenvalue weighted by atomic mass is 10.1. The molecule has 2 aromatic carbocycles. The maximum Gasteiger partial charge on any atom is 0.410 e. The molecule has 0 aliphatic carbocycles. The first-order valence-corrected chi connectivity index (χ1v) is 7.26. The molecule has 1 atom stereocenters. The van der Waals surface area contributed by atoms with Gasteiger partial charge in [0, 0.05) is 7.05 Å². The number of amides is 1. The van der Waals surface area contributed by atoms with Gasteiger partial charge in [-0.1, -0.05) is 60.7 Å². The summed E-state index contributed by atoms with van der Waals surface area (Å²) in [7, 11) is 1.40. The molecule has 5 heteroatoms. The van der Waals surface area contributed by atoms with E-state index in [2.05, 4.69) is 0 Å². The van der Waals surface area contributed by atoms with Gasteiger partial charge in [0.25, 0.3) is 0 Å². The van der Waals surface area contributed by atoms with Gasteiger partial charge in [-0.15, -0.1) is 0 Å². The Bertz CT molecular complexity index is 643. The lowest BCUT2D eigenvalue weighted by molar-refractivity contribution is -0.310. The Kier molecular flexibility index (Phi) is 5.74. The van der Waals surface area contributed by atoms with Crippen LogP contribution in [0.25, 0.3) is 0 Å². The number of hydrogen-bond acceptors (Lipinski definition) is 4. The van der Waals surface area contributed by atoms with Gasteiger partial charge >= 0.3 is 6.09 Å². The van der Waals surface area contributed by atoms with Gasteiger partial charge < -0.3 is 19.5 Å². The number of rotatable bonds is 6. The third kappa shape index (κ3) is 4.85. The number of benzene rings is 2. The summed E-state index contributed by atoms with van der Waals surface area (Å²) in [5.74, 6) is -1.31. The summed E-state index contributed by atoms with van der Waals surface area (Å²) in [4.78, 5) is 24.5. The van der Waals surface area contributed by atoms with Crippen molar-refractivity contribution in [1.82, 2.24) is 4.90 Å². The highest BCUT2D eigenvalue weighted by molar-refractivity contribution is 5.78. The molecule has 0 N–H and O–H groups in total. The van der Waals surface area contributed by atoms with Crippen LogP contribution in [-0.4, -0.2) is 30.1 Å². The summed E-state index contributed by atoms with van der Waals surface area (Å²) in [6.45, 7) is 0.0924. The summed E-state index contributed by atoms with van der Waals surface area (Å²) in [6, 6.07) is 17.2. The van der Waals surface area contributed by atoms with Crippen LogP contribution in [0.2, 0.25) is 0 Å². The van der Waals surface area contributed by atoms with Crippen LogP contribution in [0.15, 0.2) is 60.7 Å². The fourth-order valence-corrected chi connectivity index (χ4v) is 2.16. The van der Waals surface area contributed by atoms with E-state index in [0.29, 0.717) is 0 Å². The van der Waals surface area contributed by atoms with Gasteiger partial charge in [0.1, 0.15) is 6.61 Å².